The van der Waals surface area contributed by atoms with Crippen LogP contribution >= 0.6 is 0 Å². The third-order valence-electron chi connectivity index (χ3n) is 8.24. The van der Waals surface area contributed by atoms with Crippen LogP contribution in [-0.4, -0.2) is 130 Å². The van der Waals surface area contributed by atoms with E-state index in [1.54, 1.807) is 24.3 Å². The molecule has 1 aliphatic heterocycles. The van der Waals surface area contributed by atoms with E-state index < -0.39 is 68.4 Å². The molecule has 0 bridgehead atoms. The zero-order chi connectivity index (χ0) is 35.8. The molecule has 0 unspecified atom stereocenters. The summed E-state index contributed by atoms with van der Waals surface area (Å²) in [5.41, 5.74) is 0.842. The van der Waals surface area contributed by atoms with Crippen LogP contribution in [0.25, 0.3) is 21.5 Å². The molecule has 0 aliphatic carbocycles. The Balaban J connectivity index is 1.37. The summed E-state index contributed by atoms with van der Waals surface area (Å²) >= 11 is 0. The van der Waals surface area contributed by atoms with Crippen molar-refractivity contribution in [3.63, 3.8) is 0 Å². The lowest BCUT2D eigenvalue weighted by atomic mass is 9.99. The third kappa shape index (κ3) is 8.61. The first-order valence-corrected chi connectivity index (χ1v) is 15.9. The van der Waals surface area contributed by atoms with Gasteiger partial charge in [0.2, 0.25) is 0 Å². The number of rotatable bonds is 14. The molecule has 8 atom stereocenters. The van der Waals surface area contributed by atoms with Gasteiger partial charge in [0.25, 0.3) is 0 Å². The highest BCUT2D eigenvalue weighted by Gasteiger charge is 2.48. The summed E-state index contributed by atoms with van der Waals surface area (Å²) in [4.78, 5) is 20.4. The summed E-state index contributed by atoms with van der Waals surface area (Å²) in [5, 5.41) is 76.7. The standard InChI is InChI=1S/C36H40N2O12/c1-20(41)47-35-33(45)31(19-40)50-36(34(35)46)49-29(16-37-14-25-23-8-4-2-6-21(23)10-12-27(25)42)30(18-39)48-32(44)17-38-15-26-24-9-5-3-7-22(24)11-13-28(26)43/h2-15,29-36,39-40,42-46H,16-19H2,1H3/t29-,30+,31-,32-,33-,34+,35-,36-/m0/s1. The molecule has 5 rings (SSSR count). The number of carbonyl (C=O) groups excluding carboxylic acids is 1. The van der Waals surface area contributed by atoms with Crippen molar-refractivity contribution in [3.8, 4) is 11.5 Å². The van der Waals surface area contributed by atoms with Crippen molar-refractivity contribution in [1.82, 2.24) is 0 Å². The van der Waals surface area contributed by atoms with Crippen molar-refractivity contribution < 1.29 is 59.5 Å². The van der Waals surface area contributed by atoms with Crippen LogP contribution < -0.4 is 0 Å². The fourth-order valence-corrected chi connectivity index (χ4v) is 5.73. The van der Waals surface area contributed by atoms with Crippen LogP contribution in [0.2, 0.25) is 0 Å². The molecule has 4 aromatic carbocycles. The minimum absolute atomic E-state index is 0.0101. The number of benzene rings is 4. The maximum atomic E-state index is 11.7. The van der Waals surface area contributed by atoms with Crippen molar-refractivity contribution in [1.29, 1.82) is 0 Å². The Labute approximate surface area is 287 Å². The molecular formula is C36H40N2O12. The molecule has 0 spiro atoms. The average Bonchev–Trinajstić information content (AvgIpc) is 3.11. The smallest absolute Gasteiger partial charge is 0.303 e. The summed E-state index contributed by atoms with van der Waals surface area (Å²) < 4.78 is 22.4. The van der Waals surface area contributed by atoms with Crippen LogP contribution in [0.4, 0.5) is 0 Å². The summed E-state index contributed by atoms with van der Waals surface area (Å²) in [5.74, 6) is -0.858. The molecule has 266 valence electrons. The van der Waals surface area contributed by atoms with E-state index in [2.05, 4.69) is 9.98 Å². The lowest BCUT2D eigenvalue weighted by Crippen LogP contribution is -2.61. The Morgan fingerprint density at radius 3 is 1.92 bits per heavy atom. The van der Waals surface area contributed by atoms with Crippen LogP contribution in [-0.2, 0) is 23.7 Å². The number of phenols is 2. The molecule has 0 amide bonds. The van der Waals surface area contributed by atoms with Crippen LogP contribution in [0, 0.1) is 0 Å². The van der Waals surface area contributed by atoms with Gasteiger partial charge in [0, 0.05) is 30.5 Å². The van der Waals surface area contributed by atoms with Crippen LogP contribution in [0.3, 0.4) is 0 Å². The largest absolute Gasteiger partial charge is 0.507 e. The van der Waals surface area contributed by atoms with E-state index in [4.69, 9.17) is 18.9 Å². The van der Waals surface area contributed by atoms with Gasteiger partial charge < -0.3 is 54.7 Å². The first-order chi connectivity index (χ1) is 24.1. The van der Waals surface area contributed by atoms with Crippen LogP contribution in [0.1, 0.15) is 18.1 Å². The summed E-state index contributed by atoms with van der Waals surface area (Å²) in [6.45, 7) is -0.926. The highest BCUT2D eigenvalue weighted by Crippen LogP contribution is 2.29. The molecule has 0 aromatic heterocycles. The molecule has 50 heavy (non-hydrogen) atoms. The van der Waals surface area contributed by atoms with E-state index in [0.717, 1.165) is 23.1 Å². The normalized spacial score (nSPS) is 23.0. The topological polar surface area (TPSA) is 220 Å². The highest BCUT2D eigenvalue weighted by molar-refractivity contribution is 6.03. The Kier molecular flexibility index (Phi) is 12.5. The monoisotopic (exact) mass is 692 g/mol. The van der Waals surface area contributed by atoms with Crippen molar-refractivity contribution in [2.24, 2.45) is 9.98 Å². The molecule has 1 heterocycles. The second kappa shape index (κ2) is 16.9. The Morgan fingerprint density at radius 2 is 1.38 bits per heavy atom. The predicted molar refractivity (Wildman–Crippen MR) is 182 cm³/mol. The number of esters is 1. The summed E-state index contributed by atoms with van der Waals surface area (Å²) in [7, 11) is 0. The van der Waals surface area contributed by atoms with Gasteiger partial charge in [-0.3, -0.25) is 14.8 Å². The number of hydrogen-bond donors (Lipinski definition) is 7. The lowest BCUT2D eigenvalue weighted by molar-refractivity contribution is -0.322. The van der Waals surface area contributed by atoms with Crippen LogP contribution in [0.5, 0.6) is 11.5 Å². The molecule has 1 saturated heterocycles. The summed E-state index contributed by atoms with van der Waals surface area (Å²) in [6, 6.07) is 21.3. The molecule has 14 heteroatoms. The first-order valence-electron chi connectivity index (χ1n) is 15.9. The second-order valence-corrected chi connectivity index (χ2v) is 11.7. The number of carbonyl (C=O) groups is 1. The zero-order valence-corrected chi connectivity index (χ0v) is 27.1. The molecular weight excluding hydrogens is 652 g/mol. The van der Waals surface area contributed by atoms with Crippen molar-refractivity contribution >= 4 is 39.9 Å². The number of fused-ring (bicyclic) bond motifs is 2. The molecule has 1 aliphatic rings. The van der Waals surface area contributed by atoms with E-state index in [0.29, 0.717) is 16.5 Å². The van der Waals surface area contributed by atoms with Crippen molar-refractivity contribution in [2.45, 2.75) is 56.1 Å². The fraction of sp³-hybridized carbons (Fsp3) is 0.361. The molecule has 14 nitrogen and oxygen atoms in total. The number of ether oxygens (including phenoxy) is 4. The highest BCUT2D eigenvalue weighted by atomic mass is 16.7. The van der Waals surface area contributed by atoms with Gasteiger partial charge >= 0.3 is 5.97 Å². The zero-order valence-electron chi connectivity index (χ0n) is 27.1. The van der Waals surface area contributed by atoms with Crippen molar-refractivity contribution in [2.75, 3.05) is 26.3 Å². The molecule has 0 saturated carbocycles. The third-order valence-corrected chi connectivity index (χ3v) is 8.24. The first kappa shape index (κ1) is 36.8. The number of aliphatic hydroxyl groups is 5. The van der Waals surface area contributed by atoms with Gasteiger partial charge in [-0.15, -0.1) is 0 Å². The van der Waals surface area contributed by atoms with Gasteiger partial charge in [0.1, 0.15) is 42.0 Å². The number of nitrogens with zero attached hydrogens (tertiary/aromatic N) is 2. The lowest BCUT2D eigenvalue weighted by Gasteiger charge is -2.42. The fourth-order valence-electron chi connectivity index (χ4n) is 5.73. The van der Waals surface area contributed by atoms with Gasteiger partial charge in [-0.1, -0.05) is 60.7 Å². The number of hydrogen-bond acceptors (Lipinski definition) is 14. The second-order valence-electron chi connectivity index (χ2n) is 11.7. The van der Waals surface area contributed by atoms with Crippen molar-refractivity contribution in [3.05, 3.63) is 83.9 Å². The molecule has 0 radical (unpaired) electrons. The van der Waals surface area contributed by atoms with Gasteiger partial charge in [-0.05, 0) is 33.7 Å². The molecule has 1 fully saturated rings. The van der Waals surface area contributed by atoms with E-state index in [1.807, 2.05) is 36.4 Å². The quantitative estimate of drug-likeness (QED) is 0.0567. The van der Waals surface area contributed by atoms with Gasteiger partial charge in [-0.2, -0.15) is 0 Å². The van der Waals surface area contributed by atoms with Gasteiger partial charge in [0.15, 0.2) is 18.7 Å². The number of aromatic hydroxyl groups is 2. The minimum Gasteiger partial charge on any atom is -0.507 e. The maximum Gasteiger partial charge on any atom is 0.303 e. The summed E-state index contributed by atoms with van der Waals surface area (Å²) in [6.07, 6.45) is -9.16. The SMILES string of the molecule is CC(=O)O[C@H]1[C@@H](O)[C@H](CO)O[C@H](O[C@@H](CN=Cc2c(O)ccc3ccccc23)[C@@H](CO)O[C@H](O)CN=Cc2c(O)ccc3ccccc23)[C@@H]1O. The van der Waals surface area contributed by atoms with E-state index >= 15 is 0 Å². The number of aliphatic imine (C=N–C) groups is 2. The predicted octanol–water partition coefficient (Wildman–Crippen LogP) is 1.39. The Hall–Kier alpha value is -4.51. The van der Waals surface area contributed by atoms with E-state index in [1.165, 1.54) is 24.6 Å². The molecule has 4 aromatic rings. The van der Waals surface area contributed by atoms with Gasteiger partial charge in [0.05, 0.1) is 26.3 Å². The van der Waals surface area contributed by atoms with E-state index in [9.17, 15) is 40.5 Å². The molecule has 7 N–H and O–H groups in total. The number of aliphatic hydroxyl groups excluding tert-OH is 5. The minimum atomic E-state index is -1.74. The van der Waals surface area contributed by atoms with E-state index in [-0.39, 0.29) is 24.6 Å². The maximum absolute atomic E-state index is 11.7. The Morgan fingerprint density at radius 1 is 0.820 bits per heavy atom. The number of phenolic OH excluding ortho intramolecular Hbond substituents is 2. The van der Waals surface area contributed by atoms with Gasteiger partial charge in [-0.25, -0.2) is 0 Å². The Bertz CT molecular complexity index is 1820. The average molecular weight is 693 g/mol. The van der Waals surface area contributed by atoms with Crippen LogP contribution in [0.15, 0.2) is 82.8 Å².